The summed E-state index contributed by atoms with van der Waals surface area (Å²) in [6.45, 7) is 9.43. The molecule has 0 bridgehead atoms. The van der Waals surface area contributed by atoms with Crippen molar-refractivity contribution in [1.82, 2.24) is 10.2 Å². The Morgan fingerprint density at radius 2 is 2.00 bits per heavy atom. The van der Waals surface area contributed by atoms with Crippen LogP contribution in [-0.2, 0) is 4.79 Å². The average molecular weight is 226 g/mol. The first-order valence-corrected chi connectivity index (χ1v) is 6.60. The number of carbonyl (C=O) groups is 1. The summed E-state index contributed by atoms with van der Waals surface area (Å²) < 4.78 is 0. The third-order valence-electron chi connectivity index (χ3n) is 3.26. The van der Waals surface area contributed by atoms with Gasteiger partial charge in [-0.15, -0.1) is 0 Å². The van der Waals surface area contributed by atoms with Crippen molar-refractivity contribution < 1.29 is 4.79 Å². The minimum absolute atomic E-state index is 0.345. The van der Waals surface area contributed by atoms with Gasteiger partial charge in [0.15, 0.2) is 0 Å². The number of hydrogen-bond acceptors (Lipinski definition) is 2. The van der Waals surface area contributed by atoms with Crippen molar-refractivity contribution >= 4 is 5.91 Å². The Kier molecular flexibility index (Phi) is 5.81. The molecule has 0 saturated carbocycles. The fraction of sp³-hybridized carbons (Fsp3) is 0.923. The predicted molar refractivity (Wildman–Crippen MR) is 67.4 cm³/mol. The van der Waals surface area contributed by atoms with Crippen LogP contribution in [0, 0.1) is 5.92 Å². The Hall–Kier alpha value is -0.570. The summed E-state index contributed by atoms with van der Waals surface area (Å²) >= 11 is 0. The van der Waals surface area contributed by atoms with Crippen LogP contribution in [0.5, 0.6) is 0 Å². The molecule has 0 aromatic carbocycles. The molecular formula is C13H26N2O. The summed E-state index contributed by atoms with van der Waals surface area (Å²) in [5.74, 6) is 1.14. The van der Waals surface area contributed by atoms with Gasteiger partial charge in [-0.3, -0.25) is 4.79 Å². The molecule has 3 heteroatoms. The number of amides is 1. The molecule has 0 radical (unpaired) electrons. The van der Waals surface area contributed by atoms with Gasteiger partial charge in [0.25, 0.3) is 0 Å². The Balaban J connectivity index is 2.10. The Bertz CT molecular complexity index is 208. The van der Waals surface area contributed by atoms with E-state index in [0.29, 0.717) is 18.4 Å². The molecule has 1 rings (SSSR count). The van der Waals surface area contributed by atoms with Crippen LogP contribution < -0.4 is 5.32 Å². The highest BCUT2D eigenvalue weighted by Crippen LogP contribution is 2.16. The monoisotopic (exact) mass is 226 g/mol. The maximum Gasteiger partial charge on any atom is 0.222 e. The highest BCUT2D eigenvalue weighted by Gasteiger charge is 2.19. The zero-order valence-electron chi connectivity index (χ0n) is 11.0. The lowest BCUT2D eigenvalue weighted by molar-refractivity contribution is -0.132. The first-order valence-electron chi connectivity index (χ1n) is 6.60. The third-order valence-corrected chi connectivity index (χ3v) is 3.26. The van der Waals surface area contributed by atoms with E-state index in [0.717, 1.165) is 32.0 Å². The summed E-state index contributed by atoms with van der Waals surface area (Å²) in [5, 5.41) is 3.34. The second-order valence-electron chi connectivity index (χ2n) is 5.28. The van der Waals surface area contributed by atoms with Gasteiger partial charge in [-0.1, -0.05) is 20.8 Å². The first-order chi connectivity index (χ1) is 7.59. The van der Waals surface area contributed by atoms with Crippen LogP contribution in [0.25, 0.3) is 0 Å². The Morgan fingerprint density at radius 3 is 2.56 bits per heavy atom. The second kappa shape index (κ2) is 6.89. The van der Waals surface area contributed by atoms with E-state index in [1.807, 2.05) is 4.90 Å². The fourth-order valence-electron chi connectivity index (χ4n) is 2.05. The maximum atomic E-state index is 11.8. The number of carbonyl (C=O) groups excluding carboxylic acids is 1. The molecule has 1 fully saturated rings. The van der Waals surface area contributed by atoms with E-state index in [1.165, 1.54) is 12.8 Å². The SMILES string of the molecule is CC1CCN(C(=O)CCCNC(C)C)CC1. The molecule has 1 N–H and O–H groups in total. The summed E-state index contributed by atoms with van der Waals surface area (Å²) in [5.41, 5.74) is 0. The van der Waals surface area contributed by atoms with E-state index in [4.69, 9.17) is 0 Å². The lowest BCUT2D eigenvalue weighted by Crippen LogP contribution is -2.38. The van der Waals surface area contributed by atoms with Crippen molar-refractivity contribution in [2.45, 2.75) is 52.5 Å². The number of rotatable bonds is 5. The van der Waals surface area contributed by atoms with E-state index >= 15 is 0 Å². The molecule has 0 aliphatic carbocycles. The van der Waals surface area contributed by atoms with E-state index in [1.54, 1.807) is 0 Å². The quantitative estimate of drug-likeness (QED) is 0.727. The standard InChI is InChI=1S/C13H26N2O/c1-11(2)14-8-4-5-13(16)15-9-6-12(3)7-10-15/h11-12,14H,4-10H2,1-3H3. The van der Waals surface area contributed by atoms with Crippen LogP contribution in [0.2, 0.25) is 0 Å². The second-order valence-corrected chi connectivity index (χ2v) is 5.28. The van der Waals surface area contributed by atoms with Crippen LogP contribution in [0.15, 0.2) is 0 Å². The van der Waals surface area contributed by atoms with Crippen LogP contribution in [0.3, 0.4) is 0 Å². The Labute approximate surface area is 99.6 Å². The van der Waals surface area contributed by atoms with E-state index in [2.05, 4.69) is 26.1 Å². The minimum atomic E-state index is 0.345. The normalized spacial score (nSPS) is 18.1. The molecule has 1 aliphatic rings. The van der Waals surface area contributed by atoms with Crippen molar-refractivity contribution in [3.05, 3.63) is 0 Å². The number of nitrogens with zero attached hydrogens (tertiary/aromatic N) is 1. The number of likely N-dealkylation sites (tertiary alicyclic amines) is 1. The number of piperidine rings is 1. The van der Waals surface area contributed by atoms with Crippen LogP contribution >= 0.6 is 0 Å². The van der Waals surface area contributed by atoms with Crippen molar-refractivity contribution in [2.24, 2.45) is 5.92 Å². The fourth-order valence-corrected chi connectivity index (χ4v) is 2.05. The van der Waals surface area contributed by atoms with Crippen molar-refractivity contribution in [3.63, 3.8) is 0 Å². The van der Waals surface area contributed by atoms with Crippen LogP contribution in [-0.4, -0.2) is 36.5 Å². The van der Waals surface area contributed by atoms with Gasteiger partial charge < -0.3 is 10.2 Å². The van der Waals surface area contributed by atoms with Gasteiger partial charge >= 0.3 is 0 Å². The van der Waals surface area contributed by atoms with E-state index < -0.39 is 0 Å². The lowest BCUT2D eigenvalue weighted by atomic mass is 9.99. The first kappa shape index (κ1) is 13.5. The summed E-state index contributed by atoms with van der Waals surface area (Å²) in [6, 6.07) is 0.519. The molecule has 1 amide bonds. The molecule has 94 valence electrons. The van der Waals surface area contributed by atoms with Gasteiger partial charge in [0, 0.05) is 25.6 Å². The van der Waals surface area contributed by atoms with Crippen molar-refractivity contribution in [1.29, 1.82) is 0 Å². The van der Waals surface area contributed by atoms with E-state index in [9.17, 15) is 4.79 Å². The highest BCUT2D eigenvalue weighted by atomic mass is 16.2. The van der Waals surface area contributed by atoms with Gasteiger partial charge in [-0.2, -0.15) is 0 Å². The van der Waals surface area contributed by atoms with Crippen LogP contribution in [0.4, 0.5) is 0 Å². The Morgan fingerprint density at radius 1 is 1.38 bits per heavy atom. The molecule has 3 nitrogen and oxygen atoms in total. The predicted octanol–water partition coefficient (Wildman–Crippen LogP) is 2.02. The molecule has 0 spiro atoms. The average Bonchev–Trinajstić information content (AvgIpc) is 2.25. The molecule has 0 aromatic heterocycles. The van der Waals surface area contributed by atoms with Gasteiger partial charge in [0.05, 0.1) is 0 Å². The highest BCUT2D eigenvalue weighted by molar-refractivity contribution is 5.76. The number of hydrogen-bond donors (Lipinski definition) is 1. The summed E-state index contributed by atoms with van der Waals surface area (Å²) in [7, 11) is 0. The zero-order chi connectivity index (χ0) is 12.0. The largest absolute Gasteiger partial charge is 0.343 e. The smallest absolute Gasteiger partial charge is 0.222 e. The minimum Gasteiger partial charge on any atom is -0.343 e. The molecule has 1 heterocycles. The molecular weight excluding hydrogens is 200 g/mol. The lowest BCUT2D eigenvalue weighted by Gasteiger charge is -2.30. The molecule has 0 aromatic rings. The molecule has 1 aliphatic heterocycles. The summed E-state index contributed by atoms with van der Waals surface area (Å²) in [6.07, 6.45) is 4.02. The van der Waals surface area contributed by atoms with Gasteiger partial charge in [-0.05, 0) is 31.7 Å². The topological polar surface area (TPSA) is 32.3 Å². The maximum absolute atomic E-state index is 11.8. The van der Waals surface area contributed by atoms with Crippen molar-refractivity contribution in [3.8, 4) is 0 Å². The van der Waals surface area contributed by atoms with Gasteiger partial charge in [0.2, 0.25) is 5.91 Å². The molecule has 16 heavy (non-hydrogen) atoms. The third kappa shape index (κ3) is 4.97. The van der Waals surface area contributed by atoms with Crippen LogP contribution in [0.1, 0.15) is 46.5 Å². The molecule has 0 unspecified atom stereocenters. The van der Waals surface area contributed by atoms with E-state index in [-0.39, 0.29) is 0 Å². The van der Waals surface area contributed by atoms with Crippen molar-refractivity contribution in [2.75, 3.05) is 19.6 Å². The zero-order valence-corrected chi connectivity index (χ0v) is 11.0. The number of nitrogens with one attached hydrogen (secondary N) is 1. The summed E-state index contributed by atoms with van der Waals surface area (Å²) in [4.78, 5) is 13.9. The molecule has 0 atom stereocenters. The van der Waals surface area contributed by atoms with Gasteiger partial charge in [0.1, 0.15) is 0 Å². The molecule has 1 saturated heterocycles. The van der Waals surface area contributed by atoms with Gasteiger partial charge in [-0.25, -0.2) is 0 Å².